The van der Waals surface area contributed by atoms with Crippen LogP contribution in [0.1, 0.15) is 31.1 Å². The number of benzene rings is 1. The molecule has 7 nitrogen and oxygen atoms in total. The number of amides is 3. The SMILES string of the molecule is CC(C)(C)n1cc(C(=O)N2CCN(C(=O)Nc3ccc(F)cc3)CC2)cn1. The third-order valence-electron chi connectivity index (χ3n) is 4.47. The Morgan fingerprint density at radius 1 is 1.04 bits per heavy atom. The second-order valence-corrected chi connectivity index (χ2v) is 7.56. The molecule has 0 spiro atoms. The number of nitrogens with zero attached hydrogens (tertiary/aromatic N) is 4. The molecule has 1 aliphatic heterocycles. The smallest absolute Gasteiger partial charge is 0.321 e. The molecule has 27 heavy (non-hydrogen) atoms. The highest BCUT2D eigenvalue weighted by Gasteiger charge is 2.26. The van der Waals surface area contributed by atoms with Crippen molar-refractivity contribution in [1.29, 1.82) is 0 Å². The summed E-state index contributed by atoms with van der Waals surface area (Å²) in [6.45, 7) is 7.84. The number of hydrogen-bond donors (Lipinski definition) is 1. The maximum Gasteiger partial charge on any atom is 0.321 e. The van der Waals surface area contributed by atoms with Gasteiger partial charge in [-0.25, -0.2) is 9.18 Å². The minimum atomic E-state index is -0.352. The van der Waals surface area contributed by atoms with Crippen LogP contribution in [0.4, 0.5) is 14.9 Å². The number of halogens is 1. The topological polar surface area (TPSA) is 70.5 Å². The maximum absolute atomic E-state index is 12.9. The van der Waals surface area contributed by atoms with Crippen molar-refractivity contribution in [2.24, 2.45) is 0 Å². The van der Waals surface area contributed by atoms with Crippen LogP contribution in [0.25, 0.3) is 0 Å². The van der Waals surface area contributed by atoms with E-state index in [-0.39, 0.29) is 23.3 Å². The Labute approximate surface area is 157 Å². The van der Waals surface area contributed by atoms with Gasteiger partial charge in [-0.05, 0) is 45.0 Å². The average Bonchev–Trinajstić information content (AvgIpc) is 3.14. The van der Waals surface area contributed by atoms with Crippen LogP contribution in [-0.4, -0.2) is 57.7 Å². The van der Waals surface area contributed by atoms with Crippen molar-refractivity contribution >= 4 is 17.6 Å². The second-order valence-electron chi connectivity index (χ2n) is 7.56. The Bertz CT molecular complexity index is 817. The van der Waals surface area contributed by atoms with Crippen molar-refractivity contribution in [2.45, 2.75) is 26.3 Å². The molecule has 2 aromatic rings. The highest BCUT2D eigenvalue weighted by atomic mass is 19.1. The zero-order valence-electron chi connectivity index (χ0n) is 15.8. The number of urea groups is 1. The molecule has 1 aromatic carbocycles. The second kappa shape index (κ2) is 7.38. The number of anilines is 1. The first kappa shape index (κ1) is 18.9. The molecule has 3 rings (SSSR count). The van der Waals surface area contributed by atoms with Gasteiger partial charge in [0.2, 0.25) is 0 Å². The fraction of sp³-hybridized carbons (Fsp3) is 0.421. The number of rotatable bonds is 2. The van der Waals surface area contributed by atoms with Gasteiger partial charge >= 0.3 is 6.03 Å². The molecule has 2 heterocycles. The van der Waals surface area contributed by atoms with Crippen molar-refractivity contribution in [1.82, 2.24) is 19.6 Å². The van der Waals surface area contributed by atoms with Gasteiger partial charge < -0.3 is 15.1 Å². The molecule has 0 atom stereocenters. The van der Waals surface area contributed by atoms with Gasteiger partial charge in [-0.3, -0.25) is 9.48 Å². The lowest BCUT2D eigenvalue weighted by atomic mass is 10.1. The van der Waals surface area contributed by atoms with Crippen LogP contribution in [0.2, 0.25) is 0 Å². The van der Waals surface area contributed by atoms with Crippen molar-refractivity contribution in [2.75, 3.05) is 31.5 Å². The van der Waals surface area contributed by atoms with Gasteiger partial charge in [0.05, 0.1) is 17.3 Å². The number of carbonyl (C=O) groups excluding carboxylic acids is 2. The van der Waals surface area contributed by atoms with Crippen LogP contribution in [0.5, 0.6) is 0 Å². The van der Waals surface area contributed by atoms with E-state index in [1.54, 1.807) is 26.9 Å². The fourth-order valence-corrected chi connectivity index (χ4v) is 2.83. The molecule has 0 saturated carbocycles. The summed E-state index contributed by atoms with van der Waals surface area (Å²) in [4.78, 5) is 28.3. The van der Waals surface area contributed by atoms with Crippen molar-refractivity contribution in [3.05, 3.63) is 48.0 Å². The molecule has 0 aliphatic carbocycles. The van der Waals surface area contributed by atoms with E-state index < -0.39 is 0 Å². The highest BCUT2D eigenvalue weighted by Crippen LogP contribution is 2.16. The van der Waals surface area contributed by atoms with Crippen LogP contribution >= 0.6 is 0 Å². The molecule has 1 N–H and O–H groups in total. The van der Waals surface area contributed by atoms with Crippen LogP contribution < -0.4 is 5.32 Å². The minimum Gasteiger partial charge on any atom is -0.335 e. The van der Waals surface area contributed by atoms with Gasteiger partial charge in [-0.15, -0.1) is 0 Å². The van der Waals surface area contributed by atoms with Crippen LogP contribution in [0, 0.1) is 5.82 Å². The lowest BCUT2D eigenvalue weighted by Gasteiger charge is -2.34. The Morgan fingerprint density at radius 2 is 1.63 bits per heavy atom. The van der Waals surface area contributed by atoms with E-state index in [9.17, 15) is 14.0 Å². The van der Waals surface area contributed by atoms with E-state index in [0.29, 0.717) is 37.4 Å². The van der Waals surface area contributed by atoms with Crippen LogP contribution in [0.15, 0.2) is 36.7 Å². The Kier molecular flexibility index (Phi) is 5.16. The van der Waals surface area contributed by atoms with Crippen molar-refractivity contribution in [3.8, 4) is 0 Å². The molecule has 0 unspecified atom stereocenters. The summed E-state index contributed by atoms with van der Waals surface area (Å²) in [7, 11) is 0. The van der Waals surface area contributed by atoms with Gasteiger partial charge in [0.1, 0.15) is 5.82 Å². The van der Waals surface area contributed by atoms with E-state index >= 15 is 0 Å². The quantitative estimate of drug-likeness (QED) is 0.880. The maximum atomic E-state index is 12.9. The first-order valence-electron chi connectivity index (χ1n) is 8.90. The normalized spacial score (nSPS) is 15.0. The summed E-state index contributed by atoms with van der Waals surface area (Å²) in [5.41, 5.74) is 0.902. The molecule has 1 saturated heterocycles. The molecule has 3 amide bonds. The zero-order valence-corrected chi connectivity index (χ0v) is 15.8. The van der Waals surface area contributed by atoms with Gasteiger partial charge in [0, 0.05) is 38.1 Å². The average molecular weight is 373 g/mol. The van der Waals surface area contributed by atoms with E-state index in [1.165, 1.54) is 24.3 Å². The predicted molar refractivity (Wildman–Crippen MR) is 100 cm³/mol. The standard InChI is InChI=1S/C19H24FN5O2/c1-19(2,3)25-13-14(12-21-25)17(26)23-8-10-24(11-9-23)18(27)22-16-6-4-15(20)5-7-16/h4-7,12-13H,8-11H2,1-3H3,(H,22,27). The molecule has 0 bridgehead atoms. The number of aromatic nitrogens is 2. The van der Waals surface area contributed by atoms with E-state index in [2.05, 4.69) is 10.4 Å². The number of hydrogen-bond acceptors (Lipinski definition) is 3. The zero-order chi connectivity index (χ0) is 19.6. The molecule has 1 aliphatic rings. The van der Waals surface area contributed by atoms with Crippen molar-refractivity contribution < 1.29 is 14.0 Å². The molecule has 144 valence electrons. The third-order valence-corrected chi connectivity index (χ3v) is 4.47. The van der Waals surface area contributed by atoms with E-state index in [4.69, 9.17) is 0 Å². The molecule has 1 fully saturated rings. The van der Waals surface area contributed by atoms with Gasteiger partial charge in [-0.2, -0.15) is 5.10 Å². The number of nitrogens with one attached hydrogen (secondary N) is 1. The summed E-state index contributed by atoms with van der Waals surface area (Å²) in [5.74, 6) is -0.431. The highest BCUT2D eigenvalue weighted by molar-refractivity contribution is 5.94. The fourth-order valence-electron chi connectivity index (χ4n) is 2.83. The summed E-state index contributed by atoms with van der Waals surface area (Å²) in [6.07, 6.45) is 3.34. The predicted octanol–water partition coefficient (Wildman–Crippen LogP) is 2.77. The van der Waals surface area contributed by atoms with Gasteiger partial charge in [0.15, 0.2) is 0 Å². The van der Waals surface area contributed by atoms with Crippen LogP contribution in [0.3, 0.4) is 0 Å². The summed E-state index contributed by atoms with van der Waals surface area (Å²) < 4.78 is 14.7. The number of piperazine rings is 1. The summed E-state index contributed by atoms with van der Waals surface area (Å²) in [6, 6.07) is 5.36. The summed E-state index contributed by atoms with van der Waals surface area (Å²) >= 11 is 0. The number of carbonyl (C=O) groups is 2. The van der Waals surface area contributed by atoms with Crippen molar-refractivity contribution in [3.63, 3.8) is 0 Å². The molecule has 0 radical (unpaired) electrons. The monoisotopic (exact) mass is 373 g/mol. The molecular formula is C19H24FN5O2. The molecule has 8 heteroatoms. The van der Waals surface area contributed by atoms with Gasteiger partial charge in [-0.1, -0.05) is 0 Å². The largest absolute Gasteiger partial charge is 0.335 e. The van der Waals surface area contributed by atoms with E-state index in [0.717, 1.165) is 0 Å². The lowest BCUT2D eigenvalue weighted by molar-refractivity contribution is 0.0671. The van der Waals surface area contributed by atoms with E-state index in [1.807, 2.05) is 20.8 Å². The Morgan fingerprint density at radius 3 is 2.19 bits per heavy atom. The lowest BCUT2D eigenvalue weighted by Crippen LogP contribution is -2.51. The first-order chi connectivity index (χ1) is 12.7. The van der Waals surface area contributed by atoms with Gasteiger partial charge in [0.25, 0.3) is 5.91 Å². The minimum absolute atomic E-state index is 0.0795. The Hall–Kier alpha value is -2.90. The first-order valence-corrected chi connectivity index (χ1v) is 8.90. The Balaban J connectivity index is 1.55. The summed E-state index contributed by atoms with van der Waals surface area (Å²) in [5, 5.41) is 7.01. The molecular weight excluding hydrogens is 349 g/mol. The third kappa shape index (κ3) is 4.45. The molecule has 1 aromatic heterocycles. The van der Waals surface area contributed by atoms with Crippen LogP contribution in [-0.2, 0) is 5.54 Å².